The Labute approximate surface area is 126 Å². The number of anilines is 1. The van der Waals surface area contributed by atoms with Crippen LogP contribution in [0.1, 0.15) is 18.1 Å². The molecule has 2 rings (SSSR count). The van der Waals surface area contributed by atoms with Gasteiger partial charge in [-0.05, 0) is 37.2 Å². The molecular formula is C16H20N2O2S. The molecule has 0 amide bonds. The first-order valence-corrected chi connectivity index (χ1v) is 8.39. The lowest BCUT2D eigenvalue weighted by Gasteiger charge is -2.13. The Bertz CT molecular complexity index is 694. The first-order chi connectivity index (χ1) is 10.0. The van der Waals surface area contributed by atoms with Gasteiger partial charge in [-0.2, -0.15) is 0 Å². The number of nitrogens with one attached hydrogen (secondary N) is 2. The molecule has 0 atom stereocenters. The molecule has 0 unspecified atom stereocenters. The van der Waals surface area contributed by atoms with Crippen molar-refractivity contribution in [3.63, 3.8) is 0 Å². The molecule has 0 aliphatic rings. The highest BCUT2D eigenvalue weighted by Gasteiger charge is 2.15. The molecule has 5 heteroatoms. The van der Waals surface area contributed by atoms with Gasteiger partial charge in [0.1, 0.15) is 0 Å². The minimum Gasteiger partial charge on any atom is -0.313 e. The predicted molar refractivity (Wildman–Crippen MR) is 85.8 cm³/mol. The van der Waals surface area contributed by atoms with Crippen LogP contribution in [-0.2, 0) is 16.6 Å². The molecule has 2 aromatic carbocycles. The molecule has 2 aromatic rings. The third kappa shape index (κ3) is 4.06. The quantitative estimate of drug-likeness (QED) is 0.862. The molecule has 0 bridgehead atoms. The summed E-state index contributed by atoms with van der Waals surface area (Å²) in [7, 11) is -3.56. The Morgan fingerprint density at radius 2 is 1.67 bits per heavy atom. The third-order valence-electron chi connectivity index (χ3n) is 3.16. The van der Waals surface area contributed by atoms with Crippen molar-refractivity contribution in [1.29, 1.82) is 0 Å². The van der Waals surface area contributed by atoms with E-state index < -0.39 is 10.0 Å². The van der Waals surface area contributed by atoms with E-state index in [9.17, 15) is 8.42 Å². The summed E-state index contributed by atoms with van der Waals surface area (Å²) in [6.07, 6.45) is 0. The van der Waals surface area contributed by atoms with Gasteiger partial charge in [0, 0.05) is 6.54 Å². The number of para-hydroxylation sites is 1. The highest BCUT2D eigenvalue weighted by atomic mass is 32.2. The van der Waals surface area contributed by atoms with Gasteiger partial charge in [0.25, 0.3) is 10.0 Å². The summed E-state index contributed by atoms with van der Waals surface area (Å²) < 4.78 is 27.5. The van der Waals surface area contributed by atoms with Gasteiger partial charge < -0.3 is 5.32 Å². The zero-order valence-corrected chi connectivity index (χ0v) is 13.1. The predicted octanol–water partition coefficient (Wildman–Crippen LogP) is 2.91. The molecule has 0 saturated heterocycles. The summed E-state index contributed by atoms with van der Waals surface area (Å²) >= 11 is 0. The Morgan fingerprint density at radius 3 is 2.33 bits per heavy atom. The number of rotatable bonds is 6. The first-order valence-electron chi connectivity index (χ1n) is 6.91. The van der Waals surface area contributed by atoms with Crippen molar-refractivity contribution in [3.8, 4) is 0 Å². The Morgan fingerprint density at radius 1 is 1.00 bits per heavy atom. The van der Waals surface area contributed by atoms with Gasteiger partial charge in [-0.25, -0.2) is 8.42 Å². The Kier molecular flexibility index (Phi) is 4.98. The molecule has 2 N–H and O–H groups in total. The van der Waals surface area contributed by atoms with E-state index in [0.29, 0.717) is 12.2 Å². The van der Waals surface area contributed by atoms with Crippen LogP contribution in [0.4, 0.5) is 5.69 Å². The molecule has 0 radical (unpaired) electrons. The highest BCUT2D eigenvalue weighted by molar-refractivity contribution is 7.92. The molecule has 0 saturated carbocycles. The highest BCUT2D eigenvalue weighted by Crippen LogP contribution is 2.20. The molecule has 112 valence electrons. The van der Waals surface area contributed by atoms with Crippen LogP contribution < -0.4 is 10.0 Å². The lowest BCUT2D eigenvalue weighted by Crippen LogP contribution is -2.17. The van der Waals surface area contributed by atoms with E-state index in [-0.39, 0.29) is 4.90 Å². The summed E-state index contributed by atoms with van der Waals surface area (Å²) in [5.74, 6) is 0. The smallest absolute Gasteiger partial charge is 0.261 e. The van der Waals surface area contributed by atoms with Gasteiger partial charge in [-0.3, -0.25) is 4.72 Å². The van der Waals surface area contributed by atoms with Gasteiger partial charge in [0.2, 0.25) is 0 Å². The van der Waals surface area contributed by atoms with Crippen LogP contribution in [0.25, 0.3) is 0 Å². The normalized spacial score (nSPS) is 11.3. The number of sulfonamides is 1. The van der Waals surface area contributed by atoms with Crippen LogP contribution >= 0.6 is 0 Å². The zero-order valence-electron chi connectivity index (χ0n) is 12.3. The summed E-state index contributed by atoms with van der Waals surface area (Å²) in [4.78, 5) is 0.270. The monoisotopic (exact) mass is 304 g/mol. The van der Waals surface area contributed by atoms with Crippen LogP contribution in [0.2, 0.25) is 0 Å². The Hall–Kier alpha value is -1.85. The van der Waals surface area contributed by atoms with Crippen molar-refractivity contribution in [3.05, 3.63) is 59.7 Å². The third-order valence-corrected chi connectivity index (χ3v) is 4.54. The second-order valence-electron chi connectivity index (χ2n) is 4.86. The Balaban J connectivity index is 2.26. The fraction of sp³-hybridized carbons (Fsp3) is 0.250. The van der Waals surface area contributed by atoms with Crippen molar-refractivity contribution >= 4 is 15.7 Å². The summed E-state index contributed by atoms with van der Waals surface area (Å²) in [6, 6.07) is 14.2. The molecule has 21 heavy (non-hydrogen) atoms. The van der Waals surface area contributed by atoms with Crippen LogP contribution in [0.5, 0.6) is 0 Å². The molecule has 0 aliphatic heterocycles. The summed E-state index contributed by atoms with van der Waals surface area (Å²) in [5, 5.41) is 3.20. The lowest BCUT2D eigenvalue weighted by atomic mass is 10.2. The van der Waals surface area contributed by atoms with E-state index in [1.807, 2.05) is 32.0 Å². The van der Waals surface area contributed by atoms with Crippen molar-refractivity contribution in [2.45, 2.75) is 25.3 Å². The van der Waals surface area contributed by atoms with Crippen LogP contribution in [0.3, 0.4) is 0 Å². The van der Waals surface area contributed by atoms with Crippen molar-refractivity contribution in [2.75, 3.05) is 11.3 Å². The lowest BCUT2D eigenvalue weighted by molar-refractivity contribution is 0.601. The second-order valence-corrected chi connectivity index (χ2v) is 6.54. The average molecular weight is 304 g/mol. The van der Waals surface area contributed by atoms with Crippen LogP contribution in [-0.4, -0.2) is 15.0 Å². The number of hydrogen-bond donors (Lipinski definition) is 2. The second kappa shape index (κ2) is 6.74. The zero-order chi connectivity index (χ0) is 15.3. The van der Waals surface area contributed by atoms with E-state index in [1.165, 1.54) is 0 Å². The largest absolute Gasteiger partial charge is 0.313 e. The molecule has 0 spiro atoms. The maximum Gasteiger partial charge on any atom is 0.261 e. The van der Waals surface area contributed by atoms with Crippen molar-refractivity contribution in [2.24, 2.45) is 0 Å². The summed E-state index contributed by atoms with van der Waals surface area (Å²) in [6.45, 7) is 5.40. The summed E-state index contributed by atoms with van der Waals surface area (Å²) in [5.41, 5.74) is 2.57. The van der Waals surface area contributed by atoms with Gasteiger partial charge in [0.05, 0.1) is 10.6 Å². The first kappa shape index (κ1) is 15.5. The van der Waals surface area contributed by atoms with E-state index in [4.69, 9.17) is 0 Å². The molecule has 0 fully saturated rings. The SMILES string of the molecule is CCNCc1ccccc1NS(=O)(=O)c1ccc(C)cc1. The fourth-order valence-electron chi connectivity index (χ4n) is 1.95. The molecular weight excluding hydrogens is 284 g/mol. The van der Waals surface area contributed by atoms with Gasteiger partial charge in [-0.1, -0.05) is 42.8 Å². The standard InChI is InChI=1S/C16H20N2O2S/c1-3-17-12-14-6-4-5-7-16(14)18-21(19,20)15-10-8-13(2)9-11-15/h4-11,17-18H,3,12H2,1-2H3. The van der Waals surface area contributed by atoms with E-state index in [2.05, 4.69) is 10.0 Å². The van der Waals surface area contributed by atoms with E-state index >= 15 is 0 Å². The number of benzene rings is 2. The van der Waals surface area contributed by atoms with Crippen LogP contribution in [0.15, 0.2) is 53.4 Å². The maximum absolute atomic E-state index is 12.4. The molecule has 4 nitrogen and oxygen atoms in total. The fourth-order valence-corrected chi connectivity index (χ4v) is 3.06. The van der Waals surface area contributed by atoms with Crippen LogP contribution in [0, 0.1) is 6.92 Å². The number of aryl methyl sites for hydroxylation is 1. The average Bonchev–Trinajstić information content (AvgIpc) is 2.46. The molecule has 0 heterocycles. The van der Waals surface area contributed by atoms with E-state index in [1.54, 1.807) is 30.3 Å². The minimum atomic E-state index is -3.56. The van der Waals surface area contributed by atoms with Crippen molar-refractivity contribution in [1.82, 2.24) is 5.32 Å². The molecule has 0 aliphatic carbocycles. The van der Waals surface area contributed by atoms with E-state index in [0.717, 1.165) is 17.7 Å². The number of hydrogen-bond acceptors (Lipinski definition) is 3. The molecule has 0 aromatic heterocycles. The topological polar surface area (TPSA) is 58.2 Å². The van der Waals surface area contributed by atoms with Crippen molar-refractivity contribution < 1.29 is 8.42 Å². The van der Waals surface area contributed by atoms with Gasteiger partial charge >= 0.3 is 0 Å². The minimum absolute atomic E-state index is 0.270. The maximum atomic E-state index is 12.4. The van der Waals surface area contributed by atoms with Gasteiger partial charge in [0.15, 0.2) is 0 Å². The van der Waals surface area contributed by atoms with Gasteiger partial charge in [-0.15, -0.1) is 0 Å².